The fraction of sp³-hybridized carbons (Fsp3) is 0.176. The first-order valence-electron chi connectivity index (χ1n) is 7.21. The largest absolute Gasteiger partial charge is 0.322 e. The Hall–Kier alpha value is -2.21. The molecule has 0 aromatic heterocycles. The van der Waals surface area contributed by atoms with Crippen LogP contribution in [0.1, 0.15) is 23.2 Å². The minimum atomic E-state index is -0.587. The lowest BCUT2D eigenvalue weighted by Crippen LogP contribution is -2.23. The van der Waals surface area contributed by atoms with Crippen LogP contribution in [0.4, 0.5) is 15.8 Å². The summed E-state index contributed by atoms with van der Waals surface area (Å²) in [5.41, 5.74) is 1.33. The van der Waals surface area contributed by atoms with Crippen molar-refractivity contribution >= 4 is 39.1 Å². The number of benzene rings is 2. The predicted octanol–water partition coefficient (Wildman–Crippen LogP) is 3.97. The van der Waals surface area contributed by atoms with Crippen molar-refractivity contribution in [2.45, 2.75) is 12.8 Å². The Balaban J connectivity index is 1.73. The normalized spacial score (nSPS) is 14.2. The first-order chi connectivity index (χ1) is 11.0. The van der Waals surface area contributed by atoms with Gasteiger partial charge in [0.05, 0.1) is 5.56 Å². The maximum atomic E-state index is 13.8. The third kappa shape index (κ3) is 3.42. The molecule has 0 unspecified atom stereocenters. The first-order valence-corrected chi connectivity index (χ1v) is 8.01. The van der Waals surface area contributed by atoms with Crippen molar-refractivity contribution in [3.05, 3.63) is 58.3 Å². The molecule has 2 aromatic rings. The average Bonchev–Trinajstić information content (AvgIpc) is 2.94. The summed E-state index contributed by atoms with van der Waals surface area (Å²) in [6, 6.07) is 11.2. The van der Waals surface area contributed by atoms with Gasteiger partial charge in [0.15, 0.2) is 0 Å². The number of anilines is 2. The summed E-state index contributed by atoms with van der Waals surface area (Å²) in [5, 5.41) is 2.65. The number of hydrogen-bond acceptors (Lipinski definition) is 2. The van der Waals surface area contributed by atoms with E-state index in [4.69, 9.17) is 0 Å². The third-order valence-corrected chi connectivity index (χ3v) is 4.18. The van der Waals surface area contributed by atoms with Gasteiger partial charge in [-0.25, -0.2) is 4.39 Å². The van der Waals surface area contributed by atoms with Crippen molar-refractivity contribution in [2.24, 2.45) is 0 Å². The van der Waals surface area contributed by atoms with E-state index in [0.717, 1.165) is 12.1 Å². The van der Waals surface area contributed by atoms with Gasteiger partial charge >= 0.3 is 0 Å². The van der Waals surface area contributed by atoms with Crippen LogP contribution < -0.4 is 10.2 Å². The van der Waals surface area contributed by atoms with Gasteiger partial charge in [0.2, 0.25) is 5.91 Å². The Morgan fingerprint density at radius 3 is 2.52 bits per heavy atom. The second kappa shape index (κ2) is 6.50. The van der Waals surface area contributed by atoms with E-state index >= 15 is 0 Å². The van der Waals surface area contributed by atoms with Crippen LogP contribution in [-0.4, -0.2) is 18.4 Å². The van der Waals surface area contributed by atoms with Crippen LogP contribution in [-0.2, 0) is 4.79 Å². The molecule has 0 saturated carbocycles. The molecule has 1 heterocycles. The molecule has 118 valence electrons. The summed E-state index contributed by atoms with van der Waals surface area (Å²) in [5.74, 6) is -0.991. The topological polar surface area (TPSA) is 49.4 Å². The minimum absolute atomic E-state index is 0.0213. The molecule has 0 atom stereocenters. The standard InChI is InChI=1S/C17H14BrFN2O2/c18-11-3-8-14(15(19)10-11)17(23)20-12-4-6-13(7-5-12)21-9-1-2-16(21)22/h3-8,10H,1-2,9H2,(H,20,23). The number of hydrogen-bond donors (Lipinski definition) is 1. The molecule has 0 radical (unpaired) electrons. The molecule has 1 fully saturated rings. The Bertz CT molecular complexity index is 762. The SMILES string of the molecule is O=C(Nc1ccc(N2CCCC2=O)cc1)c1ccc(Br)cc1F. The zero-order chi connectivity index (χ0) is 16.4. The molecule has 23 heavy (non-hydrogen) atoms. The van der Waals surface area contributed by atoms with E-state index in [1.807, 2.05) is 0 Å². The van der Waals surface area contributed by atoms with Gasteiger partial charge in [0.25, 0.3) is 5.91 Å². The Morgan fingerprint density at radius 2 is 1.91 bits per heavy atom. The van der Waals surface area contributed by atoms with Gasteiger partial charge in [-0.15, -0.1) is 0 Å². The first kappa shape index (κ1) is 15.7. The Labute approximate surface area is 141 Å². The summed E-state index contributed by atoms with van der Waals surface area (Å²) < 4.78 is 14.4. The van der Waals surface area contributed by atoms with E-state index in [-0.39, 0.29) is 11.5 Å². The molecule has 3 rings (SSSR count). The van der Waals surface area contributed by atoms with E-state index in [0.29, 0.717) is 23.1 Å². The van der Waals surface area contributed by atoms with Crippen LogP contribution >= 0.6 is 15.9 Å². The van der Waals surface area contributed by atoms with Gasteiger partial charge < -0.3 is 10.2 Å². The van der Waals surface area contributed by atoms with E-state index < -0.39 is 11.7 Å². The van der Waals surface area contributed by atoms with Crippen LogP contribution in [0, 0.1) is 5.82 Å². The van der Waals surface area contributed by atoms with Gasteiger partial charge in [-0.2, -0.15) is 0 Å². The highest BCUT2D eigenvalue weighted by Gasteiger charge is 2.21. The summed E-state index contributed by atoms with van der Waals surface area (Å²) in [6.07, 6.45) is 1.43. The number of carbonyl (C=O) groups is 2. The van der Waals surface area contributed by atoms with Gasteiger partial charge in [0, 0.05) is 28.8 Å². The lowest BCUT2D eigenvalue weighted by atomic mass is 10.2. The lowest BCUT2D eigenvalue weighted by Gasteiger charge is -2.16. The van der Waals surface area contributed by atoms with Crippen molar-refractivity contribution in [3.8, 4) is 0 Å². The third-order valence-electron chi connectivity index (χ3n) is 3.69. The van der Waals surface area contributed by atoms with E-state index in [1.54, 1.807) is 35.2 Å². The maximum Gasteiger partial charge on any atom is 0.258 e. The zero-order valence-corrected chi connectivity index (χ0v) is 13.8. The molecule has 0 spiro atoms. The van der Waals surface area contributed by atoms with E-state index in [9.17, 15) is 14.0 Å². The summed E-state index contributed by atoms with van der Waals surface area (Å²) in [6.45, 7) is 0.717. The number of nitrogens with zero attached hydrogens (tertiary/aromatic N) is 1. The summed E-state index contributed by atoms with van der Waals surface area (Å²) >= 11 is 3.15. The number of carbonyl (C=O) groups excluding carboxylic acids is 2. The van der Waals surface area contributed by atoms with E-state index in [2.05, 4.69) is 21.2 Å². The van der Waals surface area contributed by atoms with Crippen LogP contribution in [0.15, 0.2) is 46.9 Å². The van der Waals surface area contributed by atoms with Crippen LogP contribution in [0.3, 0.4) is 0 Å². The van der Waals surface area contributed by atoms with Gasteiger partial charge in [-0.1, -0.05) is 15.9 Å². The average molecular weight is 377 g/mol. The molecule has 0 aliphatic carbocycles. The summed E-state index contributed by atoms with van der Waals surface area (Å²) in [7, 11) is 0. The van der Waals surface area contributed by atoms with Gasteiger partial charge in [0.1, 0.15) is 5.82 Å². The Morgan fingerprint density at radius 1 is 1.17 bits per heavy atom. The molecule has 1 aliphatic rings. The van der Waals surface area contributed by atoms with Crippen molar-refractivity contribution in [3.63, 3.8) is 0 Å². The fourth-order valence-electron chi connectivity index (χ4n) is 2.52. The molecule has 0 bridgehead atoms. The molecular formula is C17H14BrFN2O2. The molecule has 1 saturated heterocycles. The van der Waals surface area contributed by atoms with Crippen LogP contribution in [0.2, 0.25) is 0 Å². The number of halogens is 2. The molecule has 1 aliphatic heterocycles. The molecular weight excluding hydrogens is 363 g/mol. The number of rotatable bonds is 3. The van der Waals surface area contributed by atoms with Crippen molar-refractivity contribution in [1.29, 1.82) is 0 Å². The maximum absolute atomic E-state index is 13.8. The highest BCUT2D eigenvalue weighted by atomic mass is 79.9. The second-order valence-electron chi connectivity index (χ2n) is 5.27. The quantitative estimate of drug-likeness (QED) is 0.880. The Kier molecular flexibility index (Phi) is 4.43. The van der Waals surface area contributed by atoms with Crippen LogP contribution in [0.5, 0.6) is 0 Å². The zero-order valence-electron chi connectivity index (χ0n) is 12.2. The predicted molar refractivity (Wildman–Crippen MR) is 90.1 cm³/mol. The number of nitrogens with one attached hydrogen (secondary N) is 1. The molecule has 4 nitrogen and oxygen atoms in total. The summed E-state index contributed by atoms with van der Waals surface area (Å²) in [4.78, 5) is 25.5. The minimum Gasteiger partial charge on any atom is -0.322 e. The fourth-order valence-corrected chi connectivity index (χ4v) is 2.85. The van der Waals surface area contributed by atoms with Crippen LogP contribution in [0.25, 0.3) is 0 Å². The van der Waals surface area contributed by atoms with Crippen molar-refractivity contribution in [1.82, 2.24) is 0 Å². The number of amides is 2. The molecule has 2 amide bonds. The molecule has 1 N–H and O–H groups in total. The smallest absolute Gasteiger partial charge is 0.258 e. The lowest BCUT2D eigenvalue weighted by molar-refractivity contribution is -0.117. The monoisotopic (exact) mass is 376 g/mol. The highest BCUT2D eigenvalue weighted by Crippen LogP contribution is 2.23. The van der Waals surface area contributed by atoms with Gasteiger partial charge in [-0.05, 0) is 48.9 Å². The van der Waals surface area contributed by atoms with Gasteiger partial charge in [-0.3, -0.25) is 9.59 Å². The van der Waals surface area contributed by atoms with Crippen molar-refractivity contribution in [2.75, 3.05) is 16.8 Å². The van der Waals surface area contributed by atoms with Crippen molar-refractivity contribution < 1.29 is 14.0 Å². The molecule has 2 aromatic carbocycles. The molecule has 6 heteroatoms. The highest BCUT2D eigenvalue weighted by molar-refractivity contribution is 9.10. The second-order valence-corrected chi connectivity index (χ2v) is 6.19. The van der Waals surface area contributed by atoms with E-state index in [1.165, 1.54) is 12.1 Å².